The van der Waals surface area contributed by atoms with Gasteiger partial charge in [0.2, 0.25) is 0 Å². The molecule has 0 saturated heterocycles. The van der Waals surface area contributed by atoms with Gasteiger partial charge >= 0.3 is 0 Å². The molecule has 0 aliphatic carbocycles. The average Bonchev–Trinajstić information content (AvgIpc) is 2.09. The number of allylic oxidation sites excluding steroid dienone is 4. The van der Waals surface area contributed by atoms with Gasteiger partial charge < -0.3 is 0 Å². The minimum Gasteiger partial charge on any atom is -0.257 e. The molecule has 2 nitrogen and oxygen atoms in total. The van der Waals surface area contributed by atoms with E-state index in [9.17, 15) is 0 Å². The molecule has 1 heterocycles. The maximum absolute atomic E-state index is 4.74. The fraction of sp³-hybridized carbons (Fsp3) is 0.625. The first-order valence-corrected chi connectivity index (χ1v) is 6.55. The summed E-state index contributed by atoms with van der Waals surface area (Å²) in [4.78, 5) is 9.48. The Bertz CT molecular complexity index is 402. The van der Waals surface area contributed by atoms with E-state index in [2.05, 4.69) is 53.7 Å². The third-order valence-corrected chi connectivity index (χ3v) is 2.82. The molecule has 1 aliphatic heterocycles. The molecule has 1 rings (SSSR count). The lowest BCUT2D eigenvalue weighted by atomic mass is 9.87. The van der Waals surface area contributed by atoms with E-state index >= 15 is 0 Å². The van der Waals surface area contributed by atoms with Crippen molar-refractivity contribution in [1.29, 1.82) is 0 Å². The van der Waals surface area contributed by atoms with E-state index in [4.69, 9.17) is 9.98 Å². The van der Waals surface area contributed by atoms with Gasteiger partial charge in [-0.05, 0) is 26.0 Å². The van der Waals surface area contributed by atoms with Crippen LogP contribution in [0.15, 0.2) is 33.5 Å². The zero-order valence-corrected chi connectivity index (χ0v) is 13.0. The van der Waals surface area contributed by atoms with E-state index < -0.39 is 0 Å². The first-order valence-electron chi connectivity index (χ1n) is 6.55. The van der Waals surface area contributed by atoms with Crippen LogP contribution in [-0.4, -0.2) is 11.4 Å². The van der Waals surface area contributed by atoms with Crippen LogP contribution in [0.4, 0.5) is 0 Å². The van der Waals surface area contributed by atoms with E-state index in [-0.39, 0.29) is 10.8 Å². The number of aliphatic imine (C=N–C) groups is 2. The predicted octanol–water partition coefficient (Wildman–Crippen LogP) is 4.78. The molecular formula is C16H26N2. The maximum atomic E-state index is 4.74. The molecule has 0 N–H and O–H groups in total. The lowest BCUT2D eigenvalue weighted by Crippen LogP contribution is -2.22. The van der Waals surface area contributed by atoms with Crippen LogP contribution in [0.25, 0.3) is 0 Å². The van der Waals surface area contributed by atoms with Crippen LogP contribution in [0.1, 0.15) is 55.4 Å². The SMILES string of the molecule is CC1=C/C(C(C)(C)C)=N/C(C)=C\C(C(C)(C)C)=N\1. The van der Waals surface area contributed by atoms with Crippen LogP contribution in [-0.2, 0) is 0 Å². The van der Waals surface area contributed by atoms with E-state index in [0.717, 1.165) is 22.8 Å². The Kier molecular flexibility index (Phi) is 3.99. The van der Waals surface area contributed by atoms with Crippen LogP contribution in [0.5, 0.6) is 0 Å². The largest absolute Gasteiger partial charge is 0.257 e. The molecule has 2 heteroatoms. The third kappa shape index (κ3) is 3.94. The van der Waals surface area contributed by atoms with E-state index in [1.54, 1.807) is 0 Å². The predicted molar refractivity (Wildman–Crippen MR) is 81.3 cm³/mol. The summed E-state index contributed by atoms with van der Waals surface area (Å²) in [5.74, 6) is 0. The lowest BCUT2D eigenvalue weighted by molar-refractivity contribution is 0.589. The normalized spacial score (nSPS) is 29.8. The molecule has 0 amide bonds. The zero-order valence-electron chi connectivity index (χ0n) is 13.0. The highest BCUT2D eigenvalue weighted by Crippen LogP contribution is 2.25. The van der Waals surface area contributed by atoms with E-state index in [0.29, 0.717) is 0 Å². The molecule has 0 aromatic rings. The van der Waals surface area contributed by atoms with Crippen molar-refractivity contribution in [2.24, 2.45) is 20.8 Å². The average molecular weight is 246 g/mol. The second kappa shape index (κ2) is 4.83. The van der Waals surface area contributed by atoms with Crippen LogP contribution < -0.4 is 0 Å². The fourth-order valence-corrected chi connectivity index (χ4v) is 1.67. The molecule has 0 unspecified atom stereocenters. The topological polar surface area (TPSA) is 24.7 Å². The van der Waals surface area contributed by atoms with Crippen molar-refractivity contribution in [3.8, 4) is 0 Å². The van der Waals surface area contributed by atoms with Gasteiger partial charge in [-0.2, -0.15) is 0 Å². The van der Waals surface area contributed by atoms with Gasteiger partial charge in [0.1, 0.15) is 0 Å². The number of nitrogens with zero attached hydrogens (tertiary/aromatic N) is 2. The van der Waals surface area contributed by atoms with Gasteiger partial charge in [-0.1, -0.05) is 41.5 Å². The van der Waals surface area contributed by atoms with Crippen LogP contribution in [0.3, 0.4) is 0 Å². The van der Waals surface area contributed by atoms with Gasteiger partial charge in [0.25, 0.3) is 0 Å². The minimum absolute atomic E-state index is 0.0467. The fourth-order valence-electron chi connectivity index (χ4n) is 1.67. The smallest absolute Gasteiger partial charge is 0.0478 e. The number of hydrogen-bond donors (Lipinski definition) is 0. The third-order valence-electron chi connectivity index (χ3n) is 2.82. The quantitative estimate of drug-likeness (QED) is 0.587. The van der Waals surface area contributed by atoms with Crippen molar-refractivity contribution in [3.63, 3.8) is 0 Å². The van der Waals surface area contributed by atoms with Crippen molar-refractivity contribution in [2.45, 2.75) is 55.4 Å². The van der Waals surface area contributed by atoms with Gasteiger partial charge in [0, 0.05) is 33.6 Å². The number of hydrogen-bond acceptors (Lipinski definition) is 2. The molecule has 0 saturated carbocycles. The summed E-state index contributed by atoms with van der Waals surface area (Å²) < 4.78 is 0. The van der Waals surface area contributed by atoms with Crippen LogP contribution in [0, 0.1) is 10.8 Å². The van der Waals surface area contributed by atoms with Crippen LogP contribution >= 0.6 is 0 Å². The summed E-state index contributed by atoms with van der Waals surface area (Å²) in [5, 5.41) is 0. The summed E-state index contributed by atoms with van der Waals surface area (Å²) in [7, 11) is 0. The summed E-state index contributed by atoms with van der Waals surface area (Å²) in [6.45, 7) is 17.2. The Labute approximate surface area is 112 Å². The van der Waals surface area contributed by atoms with Crippen LogP contribution in [0.2, 0.25) is 0 Å². The molecule has 0 spiro atoms. The highest BCUT2D eigenvalue weighted by Gasteiger charge is 2.21. The molecule has 1 aliphatic rings. The first-order chi connectivity index (χ1) is 8.00. The highest BCUT2D eigenvalue weighted by molar-refractivity contribution is 6.04. The van der Waals surface area contributed by atoms with Gasteiger partial charge in [0.05, 0.1) is 0 Å². The maximum Gasteiger partial charge on any atom is 0.0478 e. The Balaban J connectivity index is 3.30. The lowest BCUT2D eigenvalue weighted by Gasteiger charge is -2.23. The Morgan fingerprint density at radius 3 is 1.17 bits per heavy atom. The summed E-state index contributed by atoms with van der Waals surface area (Å²) in [6.07, 6.45) is 4.20. The van der Waals surface area contributed by atoms with Gasteiger partial charge in [-0.3, -0.25) is 9.98 Å². The molecule has 0 atom stereocenters. The second-order valence-corrected chi connectivity index (χ2v) is 7.07. The standard InChI is InChI=1S/C16H26N2/c1-11-9-13(15(3,4)5)18-12(2)10-14(17-11)16(6,7)8/h9-10H,1-8H3/b11-9-,12-10-,13-9?,14-10?,17-11?,17-14-,18-12?,18-13-. The Hall–Kier alpha value is -1.18. The van der Waals surface area contributed by atoms with Crippen molar-refractivity contribution < 1.29 is 0 Å². The van der Waals surface area contributed by atoms with Crippen molar-refractivity contribution in [1.82, 2.24) is 0 Å². The molecular weight excluding hydrogens is 220 g/mol. The molecule has 0 aromatic carbocycles. The van der Waals surface area contributed by atoms with Gasteiger partial charge in [-0.25, -0.2) is 0 Å². The summed E-state index contributed by atoms with van der Waals surface area (Å²) in [6, 6.07) is 0. The Morgan fingerprint density at radius 2 is 0.944 bits per heavy atom. The molecule has 0 radical (unpaired) electrons. The van der Waals surface area contributed by atoms with Crippen molar-refractivity contribution in [2.75, 3.05) is 0 Å². The van der Waals surface area contributed by atoms with Crippen molar-refractivity contribution >= 4 is 11.4 Å². The zero-order chi connectivity index (χ0) is 14.1. The highest BCUT2D eigenvalue weighted by atomic mass is 14.8. The minimum atomic E-state index is 0.0467. The summed E-state index contributed by atoms with van der Waals surface area (Å²) >= 11 is 0. The monoisotopic (exact) mass is 246 g/mol. The molecule has 100 valence electrons. The van der Waals surface area contributed by atoms with E-state index in [1.807, 2.05) is 13.8 Å². The van der Waals surface area contributed by atoms with Gasteiger partial charge in [0.15, 0.2) is 0 Å². The molecule has 0 bridgehead atoms. The number of rotatable bonds is 0. The first kappa shape index (κ1) is 14.9. The summed E-state index contributed by atoms with van der Waals surface area (Å²) in [5.41, 5.74) is 4.32. The second-order valence-electron chi connectivity index (χ2n) is 7.07. The molecule has 0 fully saturated rings. The Morgan fingerprint density at radius 1 is 0.667 bits per heavy atom. The molecule has 0 aromatic heterocycles. The van der Waals surface area contributed by atoms with E-state index in [1.165, 1.54) is 0 Å². The van der Waals surface area contributed by atoms with Crippen molar-refractivity contribution in [3.05, 3.63) is 23.5 Å². The van der Waals surface area contributed by atoms with Gasteiger partial charge in [-0.15, -0.1) is 0 Å². The molecule has 18 heavy (non-hydrogen) atoms.